The molecule has 0 radical (unpaired) electrons. The summed E-state index contributed by atoms with van der Waals surface area (Å²) in [5.41, 5.74) is 2.49. The summed E-state index contributed by atoms with van der Waals surface area (Å²) < 4.78 is 0. The van der Waals surface area contributed by atoms with Crippen LogP contribution in [0.3, 0.4) is 0 Å². The van der Waals surface area contributed by atoms with Gasteiger partial charge in [0.05, 0.1) is 12.6 Å². The van der Waals surface area contributed by atoms with Crippen molar-refractivity contribution in [1.82, 2.24) is 10.6 Å². The first kappa shape index (κ1) is 21.2. The number of halogens is 1. The Hall–Kier alpha value is -0.820. The van der Waals surface area contributed by atoms with E-state index in [2.05, 4.69) is 48.7 Å². The SMILES string of the molecule is CCCCNC(=NCc1ccc(C)cc1)NCC1CCCC1O.I. The number of rotatable bonds is 7. The smallest absolute Gasteiger partial charge is 0.191 e. The molecule has 136 valence electrons. The first-order valence-electron chi connectivity index (χ1n) is 8.95. The molecule has 1 aliphatic carbocycles. The van der Waals surface area contributed by atoms with E-state index in [9.17, 15) is 5.11 Å². The zero-order valence-electron chi connectivity index (χ0n) is 14.9. The van der Waals surface area contributed by atoms with E-state index in [1.165, 1.54) is 17.5 Å². The second kappa shape index (κ2) is 11.7. The van der Waals surface area contributed by atoms with Gasteiger partial charge in [0, 0.05) is 19.0 Å². The van der Waals surface area contributed by atoms with E-state index in [0.29, 0.717) is 12.5 Å². The Bertz CT molecular complexity index is 490. The molecule has 3 N–H and O–H groups in total. The fourth-order valence-corrected chi connectivity index (χ4v) is 2.90. The highest BCUT2D eigenvalue weighted by Gasteiger charge is 2.24. The summed E-state index contributed by atoms with van der Waals surface area (Å²) in [6, 6.07) is 8.50. The molecule has 0 aromatic heterocycles. The van der Waals surface area contributed by atoms with Gasteiger partial charge in [0.15, 0.2) is 5.96 Å². The number of unbranched alkanes of at least 4 members (excludes halogenated alkanes) is 1. The zero-order chi connectivity index (χ0) is 16.5. The van der Waals surface area contributed by atoms with Crippen LogP contribution in [0.4, 0.5) is 0 Å². The number of aliphatic hydroxyl groups excluding tert-OH is 1. The average molecular weight is 445 g/mol. The molecule has 0 spiro atoms. The Morgan fingerprint density at radius 1 is 1.21 bits per heavy atom. The van der Waals surface area contributed by atoms with Crippen LogP contribution in [0.5, 0.6) is 0 Å². The average Bonchev–Trinajstić information content (AvgIpc) is 2.96. The first-order valence-corrected chi connectivity index (χ1v) is 8.95. The molecule has 0 amide bonds. The van der Waals surface area contributed by atoms with Gasteiger partial charge >= 0.3 is 0 Å². The number of aryl methyl sites for hydroxylation is 1. The summed E-state index contributed by atoms with van der Waals surface area (Å²) in [5, 5.41) is 16.8. The van der Waals surface area contributed by atoms with E-state index in [0.717, 1.165) is 44.7 Å². The molecule has 1 aromatic rings. The molecule has 1 fully saturated rings. The molecule has 0 heterocycles. The van der Waals surface area contributed by atoms with Crippen molar-refractivity contribution >= 4 is 29.9 Å². The van der Waals surface area contributed by atoms with Crippen molar-refractivity contribution in [3.05, 3.63) is 35.4 Å². The molecule has 0 saturated heterocycles. The van der Waals surface area contributed by atoms with Crippen LogP contribution in [0.15, 0.2) is 29.3 Å². The number of hydrogen-bond acceptors (Lipinski definition) is 2. The van der Waals surface area contributed by atoms with Crippen LogP contribution < -0.4 is 10.6 Å². The van der Waals surface area contributed by atoms with Crippen LogP contribution in [-0.4, -0.2) is 30.3 Å². The van der Waals surface area contributed by atoms with Gasteiger partial charge in [0.1, 0.15) is 0 Å². The van der Waals surface area contributed by atoms with Crippen LogP contribution in [0.2, 0.25) is 0 Å². The lowest BCUT2D eigenvalue weighted by Crippen LogP contribution is -2.41. The molecule has 1 aromatic carbocycles. The van der Waals surface area contributed by atoms with Crippen molar-refractivity contribution in [3.63, 3.8) is 0 Å². The minimum atomic E-state index is -0.156. The van der Waals surface area contributed by atoms with Gasteiger partial charge in [-0.1, -0.05) is 49.6 Å². The van der Waals surface area contributed by atoms with Crippen LogP contribution >= 0.6 is 24.0 Å². The molecule has 24 heavy (non-hydrogen) atoms. The van der Waals surface area contributed by atoms with Gasteiger partial charge in [-0.2, -0.15) is 0 Å². The Morgan fingerprint density at radius 3 is 2.58 bits per heavy atom. The third-order valence-corrected chi connectivity index (χ3v) is 4.51. The molecule has 1 saturated carbocycles. The molecule has 1 aliphatic rings. The zero-order valence-corrected chi connectivity index (χ0v) is 17.3. The molecular weight excluding hydrogens is 413 g/mol. The fraction of sp³-hybridized carbons (Fsp3) is 0.632. The van der Waals surface area contributed by atoms with E-state index in [1.54, 1.807) is 0 Å². The number of guanidine groups is 1. The summed E-state index contributed by atoms with van der Waals surface area (Å²) in [7, 11) is 0. The lowest BCUT2D eigenvalue weighted by atomic mass is 10.1. The highest BCUT2D eigenvalue weighted by atomic mass is 127. The highest BCUT2D eigenvalue weighted by Crippen LogP contribution is 2.24. The first-order chi connectivity index (χ1) is 11.2. The standard InChI is InChI=1S/C19H31N3O.HI/c1-3-4-12-20-19(22-14-17-6-5-7-18(17)23)21-13-16-10-8-15(2)9-11-16;/h8-11,17-18,23H,3-7,12-14H2,1-2H3,(H2,20,21,22);1H. The van der Waals surface area contributed by atoms with E-state index in [-0.39, 0.29) is 30.1 Å². The van der Waals surface area contributed by atoms with Crippen molar-refractivity contribution < 1.29 is 5.11 Å². The minimum absolute atomic E-state index is 0. The van der Waals surface area contributed by atoms with Gasteiger partial charge in [0.25, 0.3) is 0 Å². The topological polar surface area (TPSA) is 56.7 Å². The maximum atomic E-state index is 9.95. The monoisotopic (exact) mass is 445 g/mol. The largest absolute Gasteiger partial charge is 0.393 e. The normalized spacial score (nSPS) is 20.5. The maximum Gasteiger partial charge on any atom is 0.191 e. The van der Waals surface area contributed by atoms with Gasteiger partial charge in [-0.05, 0) is 31.7 Å². The molecule has 0 bridgehead atoms. The second-order valence-electron chi connectivity index (χ2n) is 6.57. The molecule has 2 atom stereocenters. The Balaban J connectivity index is 0.00000288. The molecule has 2 unspecified atom stereocenters. The number of aliphatic imine (C=N–C) groups is 1. The van der Waals surface area contributed by atoms with E-state index in [4.69, 9.17) is 4.99 Å². The van der Waals surface area contributed by atoms with Gasteiger partial charge in [0.2, 0.25) is 0 Å². The fourth-order valence-electron chi connectivity index (χ4n) is 2.90. The van der Waals surface area contributed by atoms with Crippen molar-refractivity contribution in [2.24, 2.45) is 10.9 Å². The van der Waals surface area contributed by atoms with E-state index >= 15 is 0 Å². The summed E-state index contributed by atoms with van der Waals surface area (Å²) in [5.74, 6) is 1.21. The third-order valence-electron chi connectivity index (χ3n) is 4.51. The van der Waals surface area contributed by atoms with Crippen molar-refractivity contribution in [1.29, 1.82) is 0 Å². The number of benzene rings is 1. The summed E-state index contributed by atoms with van der Waals surface area (Å²) >= 11 is 0. The Morgan fingerprint density at radius 2 is 1.96 bits per heavy atom. The minimum Gasteiger partial charge on any atom is -0.393 e. The van der Waals surface area contributed by atoms with E-state index in [1.807, 2.05) is 0 Å². The van der Waals surface area contributed by atoms with E-state index < -0.39 is 0 Å². The Kier molecular flexibility index (Phi) is 10.3. The number of aliphatic hydroxyl groups is 1. The van der Waals surface area contributed by atoms with Crippen molar-refractivity contribution in [3.8, 4) is 0 Å². The van der Waals surface area contributed by atoms with Crippen molar-refractivity contribution in [2.45, 2.75) is 58.6 Å². The predicted octanol–water partition coefficient (Wildman–Crippen LogP) is 3.61. The highest BCUT2D eigenvalue weighted by molar-refractivity contribution is 14.0. The van der Waals surface area contributed by atoms with Gasteiger partial charge in [-0.25, -0.2) is 4.99 Å². The maximum absolute atomic E-state index is 9.95. The molecule has 4 nitrogen and oxygen atoms in total. The number of nitrogens with one attached hydrogen (secondary N) is 2. The number of nitrogens with zero attached hydrogens (tertiary/aromatic N) is 1. The van der Waals surface area contributed by atoms with Crippen LogP contribution in [0, 0.1) is 12.8 Å². The lowest BCUT2D eigenvalue weighted by molar-refractivity contribution is 0.134. The number of hydrogen-bond donors (Lipinski definition) is 3. The third kappa shape index (κ3) is 7.38. The summed E-state index contributed by atoms with van der Waals surface area (Å²) in [6.07, 6.45) is 5.32. The summed E-state index contributed by atoms with van der Waals surface area (Å²) in [4.78, 5) is 4.69. The van der Waals surface area contributed by atoms with Crippen LogP contribution in [0.1, 0.15) is 50.2 Å². The quantitative estimate of drug-likeness (QED) is 0.260. The molecular formula is C19H32IN3O. The summed E-state index contributed by atoms with van der Waals surface area (Å²) in [6.45, 7) is 6.69. The van der Waals surface area contributed by atoms with Crippen molar-refractivity contribution in [2.75, 3.05) is 13.1 Å². The molecule has 0 aliphatic heterocycles. The second-order valence-corrected chi connectivity index (χ2v) is 6.57. The van der Waals surface area contributed by atoms with Gasteiger partial charge < -0.3 is 15.7 Å². The lowest BCUT2D eigenvalue weighted by Gasteiger charge is -2.18. The van der Waals surface area contributed by atoms with Crippen LogP contribution in [-0.2, 0) is 6.54 Å². The van der Waals surface area contributed by atoms with Gasteiger partial charge in [-0.15, -0.1) is 24.0 Å². The molecule has 2 rings (SSSR count). The van der Waals surface area contributed by atoms with Crippen LogP contribution in [0.25, 0.3) is 0 Å². The van der Waals surface area contributed by atoms with Gasteiger partial charge in [-0.3, -0.25) is 0 Å². The Labute approximate surface area is 163 Å². The molecule has 5 heteroatoms. The predicted molar refractivity (Wildman–Crippen MR) is 112 cm³/mol.